The average molecular weight is 292 g/mol. The van der Waals surface area contributed by atoms with Crippen molar-refractivity contribution in [3.63, 3.8) is 0 Å². The van der Waals surface area contributed by atoms with Gasteiger partial charge in [0.05, 0.1) is 17.5 Å². The Hall–Kier alpha value is -3.15. The lowest BCUT2D eigenvalue weighted by Crippen LogP contribution is -2.23. The van der Waals surface area contributed by atoms with E-state index in [2.05, 4.69) is 15.6 Å². The largest absolute Gasteiger partial charge is 0.356 e. The van der Waals surface area contributed by atoms with Gasteiger partial charge in [-0.15, -0.1) is 0 Å². The highest BCUT2D eigenvalue weighted by Crippen LogP contribution is 2.18. The van der Waals surface area contributed by atoms with Gasteiger partial charge in [-0.3, -0.25) is 10.2 Å². The van der Waals surface area contributed by atoms with Gasteiger partial charge < -0.3 is 4.52 Å². The lowest BCUT2D eigenvalue weighted by molar-refractivity contribution is -0.116. The quantitative estimate of drug-likeness (QED) is 0.629. The average Bonchev–Trinajstić information content (AvgIpc) is 3.13. The van der Waals surface area contributed by atoms with E-state index < -0.39 is 0 Å². The predicted octanol–water partition coefficient (Wildman–Crippen LogP) is 2.49. The van der Waals surface area contributed by atoms with Gasteiger partial charge >= 0.3 is 0 Å². The zero-order chi connectivity index (χ0) is 14.9. The first kappa shape index (κ1) is 12.6. The Kier molecular flexibility index (Phi) is 2.86. The molecule has 6 nitrogen and oxygen atoms in total. The van der Waals surface area contributed by atoms with Crippen molar-refractivity contribution in [3.8, 4) is 0 Å². The number of benzene rings is 2. The minimum Gasteiger partial charge on any atom is -0.356 e. The summed E-state index contributed by atoms with van der Waals surface area (Å²) in [7, 11) is 0. The van der Waals surface area contributed by atoms with Gasteiger partial charge in [-0.05, 0) is 24.3 Å². The molecule has 108 valence electrons. The van der Waals surface area contributed by atoms with Crippen molar-refractivity contribution in [2.45, 2.75) is 6.42 Å². The second-order valence-corrected chi connectivity index (χ2v) is 4.94. The van der Waals surface area contributed by atoms with E-state index >= 15 is 0 Å². The number of nitrogens with one attached hydrogen (secondary N) is 1. The molecule has 22 heavy (non-hydrogen) atoms. The van der Waals surface area contributed by atoms with Gasteiger partial charge in [0.1, 0.15) is 12.0 Å². The Labute approximate surface area is 125 Å². The maximum absolute atomic E-state index is 12.2. The summed E-state index contributed by atoms with van der Waals surface area (Å²) in [5.41, 5.74) is 5.78. The molecule has 0 atom stereocenters. The number of rotatable bonds is 3. The smallest absolute Gasteiger partial charge is 0.245 e. The van der Waals surface area contributed by atoms with Crippen LogP contribution in [0.4, 0.5) is 0 Å². The molecule has 0 aliphatic heterocycles. The molecule has 0 spiro atoms. The zero-order valence-corrected chi connectivity index (χ0v) is 11.6. The third-order valence-electron chi connectivity index (χ3n) is 3.48. The van der Waals surface area contributed by atoms with Crippen molar-refractivity contribution >= 4 is 27.9 Å². The summed E-state index contributed by atoms with van der Waals surface area (Å²) in [6.07, 6.45) is 1.73. The van der Waals surface area contributed by atoms with Crippen LogP contribution in [0.5, 0.6) is 0 Å². The number of imidazole rings is 1. The molecule has 2 aromatic carbocycles. The molecule has 1 amide bonds. The first-order chi connectivity index (χ1) is 10.8. The zero-order valence-electron chi connectivity index (χ0n) is 11.6. The maximum atomic E-state index is 12.2. The second-order valence-electron chi connectivity index (χ2n) is 4.94. The number of fused-ring (bicyclic) bond motifs is 2. The van der Waals surface area contributed by atoms with Gasteiger partial charge in [-0.25, -0.2) is 9.66 Å². The van der Waals surface area contributed by atoms with Gasteiger partial charge in [0.15, 0.2) is 5.58 Å². The van der Waals surface area contributed by atoms with Crippen LogP contribution in [0.1, 0.15) is 5.69 Å². The lowest BCUT2D eigenvalue weighted by atomic mass is 10.2. The molecular weight excluding hydrogens is 280 g/mol. The molecule has 0 unspecified atom stereocenters. The van der Waals surface area contributed by atoms with Gasteiger partial charge in [0, 0.05) is 5.39 Å². The Bertz CT molecular complexity index is 892. The second kappa shape index (κ2) is 5.00. The molecule has 6 heteroatoms. The minimum absolute atomic E-state index is 0.142. The van der Waals surface area contributed by atoms with E-state index in [1.165, 1.54) is 0 Å². The van der Waals surface area contributed by atoms with E-state index in [-0.39, 0.29) is 12.3 Å². The molecule has 0 radical (unpaired) electrons. The number of amides is 1. The van der Waals surface area contributed by atoms with Crippen LogP contribution in [0.2, 0.25) is 0 Å². The normalized spacial score (nSPS) is 11.1. The minimum atomic E-state index is -0.179. The molecule has 0 saturated heterocycles. The number of carbonyl (C=O) groups excluding carboxylic acids is 1. The summed E-state index contributed by atoms with van der Waals surface area (Å²) in [4.78, 5) is 16.5. The molecule has 0 aliphatic carbocycles. The van der Waals surface area contributed by atoms with Crippen molar-refractivity contribution in [2.24, 2.45) is 0 Å². The number of hydrogen-bond acceptors (Lipinski definition) is 4. The molecule has 4 aromatic rings. The molecule has 0 saturated carbocycles. The van der Waals surface area contributed by atoms with Crippen LogP contribution >= 0.6 is 0 Å². The van der Waals surface area contributed by atoms with Gasteiger partial charge in [-0.2, -0.15) is 0 Å². The fourth-order valence-corrected chi connectivity index (χ4v) is 2.44. The van der Waals surface area contributed by atoms with Crippen LogP contribution < -0.4 is 5.43 Å². The Morgan fingerprint density at radius 2 is 1.95 bits per heavy atom. The first-order valence-corrected chi connectivity index (χ1v) is 6.86. The Morgan fingerprint density at radius 3 is 2.91 bits per heavy atom. The predicted molar refractivity (Wildman–Crippen MR) is 81.8 cm³/mol. The van der Waals surface area contributed by atoms with Gasteiger partial charge in [-0.1, -0.05) is 29.4 Å². The van der Waals surface area contributed by atoms with E-state index in [9.17, 15) is 4.79 Å². The highest BCUT2D eigenvalue weighted by molar-refractivity contribution is 5.91. The van der Waals surface area contributed by atoms with Crippen LogP contribution in [0, 0.1) is 0 Å². The number of carbonyl (C=O) groups is 1. The van der Waals surface area contributed by atoms with E-state index in [1.807, 2.05) is 48.5 Å². The van der Waals surface area contributed by atoms with Crippen molar-refractivity contribution in [1.82, 2.24) is 14.8 Å². The molecule has 0 aliphatic rings. The number of aromatic nitrogens is 3. The van der Waals surface area contributed by atoms with E-state index in [1.54, 1.807) is 11.0 Å². The highest BCUT2D eigenvalue weighted by atomic mass is 16.5. The highest BCUT2D eigenvalue weighted by Gasteiger charge is 2.13. The van der Waals surface area contributed by atoms with E-state index in [0.717, 1.165) is 16.4 Å². The molecule has 0 bridgehead atoms. The summed E-state index contributed by atoms with van der Waals surface area (Å²) in [5.74, 6) is -0.179. The third kappa shape index (κ3) is 2.10. The molecule has 4 rings (SSSR count). The maximum Gasteiger partial charge on any atom is 0.245 e. The van der Waals surface area contributed by atoms with E-state index in [4.69, 9.17) is 4.52 Å². The summed E-state index contributed by atoms with van der Waals surface area (Å²) < 4.78 is 6.82. The van der Waals surface area contributed by atoms with Crippen LogP contribution in [0.25, 0.3) is 22.0 Å². The van der Waals surface area contributed by atoms with E-state index in [0.29, 0.717) is 11.3 Å². The standard InChI is InChI=1S/C16H12N4O2/c21-16(9-13-11-5-1-4-8-15(11)22-19-13)18-20-10-17-12-6-2-3-7-14(12)20/h1-8,10H,9H2,(H,18,21). The molecule has 2 heterocycles. The molecule has 1 N–H and O–H groups in total. The SMILES string of the molecule is O=C(Cc1noc2ccccc12)Nn1cnc2ccccc21. The fraction of sp³-hybridized carbons (Fsp3) is 0.0625. The summed E-state index contributed by atoms with van der Waals surface area (Å²) in [6, 6.07) is 15.1. The van der Waals surface area contributed by atoms with Crippen molar-refractivity contribution in [2.75, 3.05) is 5.43 Å². The van der Waals surface area contributed by atoms with Gasteiger partial charge in [0.2, 0.25) is 5.91 Å². The Morgan fingerprint density at radius 1 is 1.14 bits per heavy atom. The molecule has 0 fully saturated rings. The first-order valence-electron chi connectivity index (χ1n) is 6.86. The summed E-state index contributed by atoms with van der Waals surface area (Å²) in [5, 5.41) is 4.82. The molecular formula is C16H12N4O2. The lowest BCUT2D eigenvalue weighted by Gasteiger charge is -2.05. The monoisotopic (exact) mass is 292 g/mol. The number of para-hydroxylation sites is 3. The number of hydrogen-bond donors (Lipinski definition) is 1. The van der Waals surface area contributed by atoms with Crippen LogP contribution in [-0.2, 0) is 11.2 Å². The fourth-order valence-electron chi connectivity index (χ4n) is 2.44. The van der Waals surface area contributed by atoms with Crippen LogP contribution in [0.15, 0.2) is 59.4 Å². The topological polar surface area (TPSA) is 73.0 Å². The van der Waals surface area contributed by atoms with Crippen molar-refractivity contribution in [1.29, 1.82) is 0 Å². The van der Waals surface area contributed by atoms with Crippen molar-refractivity contribution < 1.29 is 9.32 Å². The molecule has 2 aromatic heterocycles. The Balaban J connectivity index is 1.58. The third-order valence-corrected chi connectivity index (χ3v) is 3.48. The van der Waals surface area contributed by atoms with Crippen LogP contribution in [0.3, 0.4) is 0 Å². The van der Waals surface area contributed by atoms with Crippen LogP contribution in [-0.4, -0.2) is 20.7 Å². The summed E-state index contributed by atoms with van der Waals surface area (Å²) >= 11 is 0. The van der Waals surface area contributed by atoms with Crippen molar-refractivity contribution in [3.05, 3.63) is 60.6 Å². The number of nitrogens with zero attached hydrogens (tertiary/aromatic N) is 3. The van der Waals surface area contributed by atoms with Gasteiger partial charge in [0.25, 0.3) is 0 Å². The summed E-state index contributed by atoms with van der Waals surface area (Å²) in [6.45, 7) is 0.